The number of esters is 1. The van der Waals surface area contributed by atoms with Crippen LogP contribution in [0.5, 0.6) is 5.75 Å². The van der Waals surface area contributed by atoms with Gasteiger partial charge in [0.15, 0.2) is 5.78 Å². The third-order valence-corrected chi connectivity index (χ3v) is 9.38. The summed E-state index contributed by atoms with van der Waals surface area (Å²) in [7, 11) is 0. The number of fused-ring (bicyclic) bond motifs is 5. The summed E-state index contributed by atoms with van der Waals surface area (Å²) in [5.41, 5.74) is 0.550. The first kappa shape index (κ1) is 28.6. The molecule has 0 spiro atoms. The highest BCUT2D eigenvalue weighted by Crippen LogP contribution is 2.56. The van der Waals surface area contributed by atoms with Crippen LogP contribution in [0.1, 0.15) is 50.3 Å². The first-order valence-electron chi connectivity index (χ1n) is 13.4. The molecule has 2 bridgehead atoms. The Bertz CT molecular complexity index is 1600. The van der Waals surface area contributed by atoms with Crippen molar-refractivity contribution in [1.82, 2.24) is 10.0 Å². The Balaban J connectivity index is 1.25. The lowest BCUT2D eigenvalue weighted by molar-refractivity contribution is -0.155. The molecule has 11 heteroatoms. The lowest BCUT2D eigenvalue weighted by atomic mass is 9.81. The predicted octanol–water partition coefficient (Wildman–Crippen LogP) is 6.25. The molecular weight excluding hydrogens is 647 g/mol. The van der Waals surface area contributed by atoms with Gasteiger partial charge in [-0.15, -0.1) is 0 Å². The van der Waals surface area contributed by atoms with E-state index in [0.717, 1.165) is 33.8 Å². The van der Waals surface area contributed by atoms with E-state index in [2.05, 4.69) is 15.9 Å². The van der Waals surface area contributed by atoms with E-state index in [9.17, 15) is 24.0 Å². The summed E-state index contributed by atoms with van der Waals surface area (Å²) in [4.78, 5) is 66.9. The number of rotatable bonds is 7. The van der Waals surface area contributed by atoms with Crippen LogP contribution in [-0.2, 0) is 9.59 Å². The average molecular weight is 670 g/mol. The minimum atomic E-state index is -0.765. The van der Waals surface area contributed by atoms with Gasteiger partial charge in [0, 0.05) is 15.1 Å². The molecule has 0 unspecified atom stereocenters. The minimum Gasteiger partial charge on any atom is -0.423 e. The molecule has 0 N–H and O–H groups in total. The molecule has 2 aliphatic carbocycles. The van der Waals surface area contributed by atoms with Gasteiger partial charge in [-0.3, -0.25) is 19.2 Å². The largest absolute Gasteiger partial charge is 0.423 e. The lowest BCUT2D eigenvalue weighted by Crippen LogP contribution is -2.52. The van der Waals surface area contributed by atoms with Gasteiger partial charge in [0.1, 0.15) is 12.3 Å². The third-order valence-electron chi connectivity index (χ3n) is 8.30. The normalized spacial score (nSPS) is 22.3. The van der Waals surface area contributed by atoms with E-state index in [1.165, 1.54) is 42.5 Å². The van der Waals surface area contributed by atoms with Crippen LogP contribution in [0.25, 0.3) is 0 Å². The van der Waals surface area contributed by atoms with E-state index < -0.39 is 47.9 Å². The predicted molar refractivity (Wildman–Crippen MR) is 157 cm³/mol. The van der Waals surface area contributed by atoms with Crippen molar-refractivity contribution in [3.05, 3.63) is 97.9 Å². The zero-order valence-corrected chi connectivity index (χ0v) is 25.1. The zero-order valence-electron chi connectivity index (χ0n) is 22.0. The Labute approximate surface area is 259 Å². The second-order valence-corrected chi connectivity index (χ2v) is 12.5. The van der Waals surface area contributed by atoms with Gasteiger partial charge >= 0.3 is 5.97 Å². The number of Topliss-reactive ketones (excluding diaryl/α,β-unsaturated/α-hetero) is 1. The van der Waals surface area contributed by atoms with Crippen LogP contribution < -0.4 is 4.74 Å². The molecule has 8 nitrogen and oxygen atoms in total. The second kappa shape index (κ2) is 11.3. The number of benzene rings is 3. The maximum atomic E-state index is 13.8. The first-order chi connectivity index (χ1) is 20.1. The van der Waals surface area contributed by atoms with Gasteiger partial charge in [-0.25, -0.2) is 9.80 Å². The van der Waals surface area contributed by atoms with E-state index in [1.54, 1.807) is 24.3 Å². The highest BCUT2D eigenvalue weighted by atomic mass is 79.9. The minimum absolute atomic E-state index is 0.00435. The summed E-state index contributed by atoms with van der Waals surface area (Å²) < 4.78 is 6.22. The van der Waals surface area contributed by atoms with Crippen molar-refractivity contribution >= 4 is 68.6 Å². The number of carbonyl (C=O) groups excluding carboxylic acids is 5. The van der Waals surface area contributed by atoms with E-state index in [-0.39, 0.29) is 33.7 Å². The number of imide groups is 1. The quantitative estimate of drug-likeness (QED) is 0.128. The molecule has 42 heavy (non-hydrogen) atoms. The van der Waals surface area contributed by atoms with Crippen molar-refractivity contribution in [2.75, 3.05) is 6.54 Å². The lowest BCUT2D eigenvalue weighted by Gasteiger charge is -2.31. The van der Waals surface area contributed by atoms with Crippen LogP contribution in [0.15, 0.2) is 71.2 Å². The van der Waals surface area contributed by atoms with Gasteiger partial charge in [0.25, 0.3) is 17.7 Å². The maximum absolute atomic E-state index is 13.8. The van der Waals surface area contributed by atoms with Crippen molar-refractivity contribution in [2.45, 2.75) is 19.3 Å². The van der Waals surface area contributed by atoms with Crippen molar-refractivity contribution in [1.29, 1.82) is 0 Å². The average Bonchev–Trinajstić information content (AvgIpc) is 3.66. The second-order valence-electron chi connectivity index (χ2n) is 10.7. The molecule has 3 aromatic rings. The fourth-order valence-corrected chi connectivity index (χ4v) is 7.11. The number of hydrogen-bond donors (Lipinski definition) is 0. The van der Waals surface area contributed by atoms with Gasteiger partial charge < -0.3 is 4.74 Å². The molecule has 0 aromatic heterocycles. The Morgan fingerprint density at radius 2 is 1.45 bits per heavy atom. The van der Waals surface area contributed by atoms with Crippen LogP contribution in [0.2, 0.25) is 10.0 Å². The Hall–Kier alpha value is -3.53. The summed E-state index contributed by atoms with van der Waals surface area (Å²) in [5.74, 6) is -3.33. The molecule has 2 saturated carbocycles. The molecule has 4 atom stereocenters. The molecule has 214 valence electrons. The van der Waals surface area contributed by atoms with Gasteiger partial charge in [-0.2, -0.15) is 5.01 Å². The number of nitrogens with zero attached hydrogens (tertiary/aromatic N) is 2. The SMILES string of the molecule is O=C(CN(C(=O)c1ccc(Cl)cc1Cl)N1C(=O)[C@H]2[C@H]3CC[C@@H](C3)[C@@H]2C1=O)c1ccc(OC(=O)c2ccc(Br)cc2)cc1. The van der Waals surface area contributed by atoms with Crippen molar-refractivity contribution in [3.63, 3.8) is 0 Å². The molecule has 3 aliphatic rings. The van der Waals surface area contributed by atoms with Crippen LogP contribution in [-0.4, -0.2) is 46.0 Å². The summed E-state index contributed by atoms with van der Waals surface area (Å²) >= 11 is 15.6. The number of amides is 3. The molecule has 3 fully saturated rings. The van der Waals surface area contributed by atoms with Crippen molar-refractivity contribution in [3.8, 4) is 5.75 Å². The number of hydrazine groups is 1. The Kier molecular flexibility index (Phi) is 7.68. The van der Waals surface area contributed by atoms with E-state index >= 15 is 0 Å². The van der Waals surface area contributed by atoms with Crippen molar-refractivity contribution in [2.24, 2.45) is 23.7 Å². The molecule has 1 aliphatic heterocycles. The highest BCUT2D eigenvalue weighted by molar-refractivity contribution is 9.10. The number of hydrogen-bond acceptors (Lipinski definition) is 6. The first-order valence-corrected chi connectivity index (χ1v) is 14.9. The summed E-state index contributed by atoms with van der Waals surface area (Å²) in [6.45, 7) is -0.581. The van der Waals surface area contributed by atoms with E-state index in [1.807, 2.05) is 0 Å². The molecule has 0 radical (unpaired) electrons. The molecule has 6 rings (SSSR count). The fourth-order valence-electron chi connectivity index (χ4n) is 6.35. The zero-order chi connectivity index (χ0) is 29.7. The maximum Gasteiger partial charge on any atom is 0.343 e. The Morgan fingerprint density at radius 1 is 0.857 bits per heavy atom. The van der Waals surface area contributed by atoms with E-state index in [4.69, 9.17) is 27.9 Å². The summed E-state index contributed by atoms with van der Waals surface area (Å²) in [5, 5.41) is 2.10. The van der Waals surface area contributed by atoms with Crippen molar-refractivity contribution < 1.29 is 28.7 Å². The fraction of sp³-hybridized carbons (Fsp3) is 0.258. The number of halogens is 3. The number of ketones is 1. The topological polar surface area (TPSA) is 101 Å². The van der Waals surface area contributed by atoms with Gasteiger partial charge in [0.2, 0.25) is 0 Å². The van der Waals surface area contributed by atoms with Gasteiger partial charge in [0.05, 0.1) is 28.0 Å². The molecule has 3 aromatic carbocycles. The van der Waals surface area contributed by atoms with Crippen LogP contribution in [0.4, 0.5) is 0 Å². The highest BCUT2D eigenvalue weighted by Gasteiger charge is 2.62. The van der Waals surface area contributed by atoms with Crippen LogP contribution >= 0.6 is 39.1 Å². The van der Waals surface area contributed by atoms with E-state index in [0.29, 0.717) is 10.6 Å². The van der Waals surface area contributed by atoms with Crippen LogP contribution in [0, 0.1) is 23.7 Å². The molecule has 3 amide bonds. The number of ether oxygens (including phenoxy) is 1. The molecule has 1 saturated heterocycles. The smallest absolute Gasteiger partial charge is 0.343 e. The Morgan fingerprint density at radius 3 is 2.05 bits per heavy atom. The third kappa shape index (κ3) is 5.14. The standard InChI is InChI=1S/C31H23BrCl2N2O6/c32-20-7-3-17(4-8-20)31(41)42-22-10-5-16(6-11-22)25(37)15-35(28(38)23-12-9-21(33)14-24(23)34)36-29(39)26-18-1-2-19(13-18)27(26)30(36)40/h3-12,14,18-19,26-27H,1-2,13,15H2/t18-,19-,26-,27-/m0/s1. The van der Waals surface area contributed by atoms with Crippen LogP contribution in [0.3, 0.4) is 0 Å². The van der Waals surface area contributed by atoms with Gasteiger partial charge in [-0.05, 0) is 97.8 Å². The summed E-state index contributed by atoms with van der Waals surface area (Å²) in [6.07, 6.45) is 2.57. The van der Waals surface area contributed by atoms with Gasteiger partial charge in [-0.1, -0.05) is 39.1 Å². The molecule has 1 heterocycles. The molecular formula is C31H23BrCl2N2O6. The monoisotopic (exact) mass is 668 g/mol. The number of carbonyl (C=O) groups is 5. The summed E-state index contributed by atoms with van der Waals surface area (Å²) in [6, 6.07) is 16.7.